The zero-order valence-electron chi connectivity index (χ0n) is 9.21. The lowest BCUT2D eigenvalue weighted by Gasteiger charge is -2.19. The summed E-state index contributed by atoms with van der Waals surface area (Å²) in [6.07, 6.45) is 3.98. The summed E-state index contributed by atoms with van der Waals surface area (Å²) in [7, 11) is 0. The van der Waals surface area contributed by atoms with E-state index in [2.05, 4.69) is 39.9 Å². The summed E-state index contributed by atoms with van der Waals surface area (Å²) in [4.78, 5) is 5.65. The molecule has 0 unspecified atom stereocenters. The van der Waals surface area contributed by atoms with E-state index in [-0.39, 0.29) is 0 Å². The van der Waals surface area contributed by atoms with Crippen molar-refractivity contribution in [1.29, 1.82) is 0 Å². The predicted octanol–water partition coefficient (Wildman–Crippen LogP) is 3.67. The SMILES string of the molecule is CCc1ccc(CN(CCBr)C2CC2)s1. The minimum atomic E-state index is 0.870. The molecule has 1 fully saturated rings. The van der Waals surface area contributed by atoms with Crippen molar-refractivity contribution in [2.75, 3.05) is 11.9 Å². The largest absolute Gasteiger partial charge is 0.294 e. The first-order valence-corrected chi connectivity index (χ1v) is 7.65. The highest BCUT2D eigenvalue weighted by atomic mass is 79.9. The molecule has 0 saturated heterocycles. The summed E-state index contributed by atoms with van der Waals surface area (Å²) < 4.78 is 0. The lowest BCUT2D eigenvalue weighted by molar-refractivity contribution is 0.275. The van der Waals surface area contributed by atoms with Crippen LogP contribution >= 0.6 is 27.3 Å². The van der Waals surface area contributed by atoms with Crippen LogP contribution in [0.4, 0.5) is 0 Å². The van der Waals surface area contributed by atoms with Crippen LogP contribution in [0.25, 0.3) is 0 Å². The van der Waals surface area contributed by atoms with Gasteiger partial charge in [-0.15, -0.1) is 11.3 Å². The van der Waals surface area contributed by atoms with Gasteiger partial charge in [0.15, 0.2) is 0 Å². The van der Waals surface area contributed by atoms with Crippen LogP contribution in [0.15, 0.2) is 12.1 Å². The molecule has 1 aliphatic rings. The molecule has 0 N–H and O–H groups in total. The van der Waals surface area contributed by atoms with Gasteiger partial charge in [0.05, 0.1) is 0 Å². The van der Waals surface area contributed by atoms with Gasteiger partial charge in [0.2, 0.25) is 0 Å². The maximum Gasteiger partial charge on any atom is 0.0331 e. The molecule has 2 rings (SSSR count). The summed E-state index contributed by atoms with van der Waals surface area (Å²) in [5, 5.41) is 1.09. The fourth-order valence-corrected chi connectivity index (χ4v) is 3.28. The van der Waals surface area contributed by atoms with Gasteiger partial charge in [0.1, 0.15) is 0 Å². The van der Waals surface area contributed by atoms with Crippen LogP contribution in [-0.4, -0.2) is 22.8 Å². The molecule has 1 heterocycles. The molecule has 0 amide bonds. The molecule has 3 heteroatoms. The molecule has 0 spiro atoms. The zero-order valence-corrected chi connectivity index (χ0v) is 11.6. The summed E-state index contributed by atoms with van der Waals surface area (Å²) in [5.74, 6) is 0. The van der Waals surface area contributed by atoms with Gasteiger partial charge in [-0.25, -0.2) is 0 Å². The van der Waals surface area contributed by atoms with E-state index in [1.165, 1.54) is 35.6 Å². The third-order valence-corrected chi connectivity index (χ3v) is 4.43. The third kappa shape index (κ3) is 3.30. The smallest absolute Gasteiger partial charge is 0.0331 e. The first kappa shape index (κ1) is 11.6. The second-order valence-corrected chi connectivity index (χ2v) is 6.16. The highest BCUT2D eigenvalue weighted by Crippen LogP contribution is 2.29. The molecule has 84 valence electrons. The molecule has 0 atom stereocenters. The van der Waals surface area contributed by atoms with E-state index < -0.39 is 0 Å². The van der Waals surface area contributed by atoms with Crippen LogP contribution in [0.5, 0.6) is 0 Å². The first-order valence-electron chi connectivity index (χ1n) is 5.71. The first-order chi connectivity index (χ1) is 7.33. The summed E-state index contributed by atoms with van der Waals surface area (Å²) in [6.45, 7) is 4.57. The Morgan fingerprint density at radius 1 is 1.40 bits per heavy atom. The second-order valence-electron chi connectivity index (χ2n) is 4.11. The molecule has 1 nitrogen and oxygen atoms in total. The molecular formula is C12H18BrNS. The van der Waals surface area contributed by atoms with Gasteiger partial charge >= 0.3 is 0 Å². The van der Waals surface area contributed by atoms with Gasteiger partial charge in [-0.3, -0.25) is 4.90 Å². The minimum absolute atomic E-state index is 0.870. The van der Waals surface area contributed by atoms with Gasteiger partial charge in [0.25, 0.3) is 0 Å². The molecule has 1 aliphatic carbocycles. The third-order valence-electron chi connectivity index (χ3n) is 2.86. The number of aryl methyl sites for hydroxylation is 1. The number of rotatable bonds is 6. The average molecular weight is 288 g/mol. The number of hydrogen-bond acceptors (Lipinski definition) is 2. The molecule has 0 bridgehead atoms. The quantitative estimate of drug-likeness (QED) is 0.722. The Labute approximate surface area is 105 Å². The van der Waals surface area contributed by atoms with E-state index in [4.69, 9.17) is 0 Å². The fraction of sp³-hybridized carbons (Fsp3) is 0.667. The van der Waals surface area contributed by atoms with Gasteiger partial charge in [0, 0.05) is 34.2 Å². The zero-order chi connectivity index (χ0) is 10.7. The summed E-state index contributed by atoms with van der Waals surface area (Å²) >= 11 is 5.52. The van der Waals surface area contributed by atoms with Crippen molar-refractivity contribution in [2.45, 2.75) is 38.8 Å². The molecule has 15 heavy (non-hydrogen) atoms. The molecule has 0 aromatic carbocycles. The van der Waals surface area contributed by atoms with Crippen LogP contribution in [0.3, 0.4) is 0 Å². The van der Waals surface area contributed by atoms with E-state index >= 15 is 0 Å². The van der Waals surface area contributed by atoms with Crippen molar-refractivity contribution in [2.24, 2.45) is 0 Å². The van der Waals surface area contributed by atoms with Crippen LogP contribution < -0.4 is 0 Å². The van der Waals surface area contributed by atoms with E-state index in [0.29, 0.717) is 0 Å². The summed E-state index contributed by atoms with van der Waals surface area (Å²) in [5.41, 5.74) is 0. The molecule has 0 radical (unpaired) electrons. The summed E-state index contributed by atoms with van der Waals surface area (Å²) in [6, 6.07) is 5.45. The van der Waals surface area contributed by atoms with Gasteiger partial charge in [-0.2, -0.15) is 0 Å². The number of halogens is 1. The van der Waals surface area contributed by atoms with Gasteiger partial charge in [-0.1, -0.05) is 22.9 Å². The van der Waals surface area contributed by atoms with Crippen molar-refractivity contribution in [3.8, 4) is 0 Å². The van der Waals surface area contributed by atoms with Gasteiger partial charge in [-0.05, 0) is 31.4 Å². The van der Waals surface area contributed by atoms with E-state index in [1.54, 1.807) is 0 Å². The second kappa shape index (κ2) is 5.46. The standard InChI is InChI=1S/C12H18BrNS/c1-2-11-5-6-12(15-11)9-14(8-7-13)10-3-4-10/h5-6,10H,2-4,7-9H2,1H3. The van der Waals surface area contributed by atoms with Crippen LogP contribution in [-0.2, 0) is 13.0 Å². The Balaban J connectivity index is 1.92. The minimum Gasteiger partial charge on any atom is -0.294 e. The molecule has 0 aliphatic heterocycles. The van der Waals surface area contributed by atoms with E-state index in [1.807, 2.05) is 11.3 Å². The van der Waals surface area contributed by atoms with Crippen molar-refractivity contribution in [3.63, 3.8) is 0 Å². The Morgan fingerprint density at radius 3 is 2.67 bits per heavy atom. The number of nitrogens with zero attached hydrogens (tertiary/aromatic N) is 1. The van der Waals surface area contributed by atoms with Gasteiger partial charge < -0.3 is 0 Å². The van der Waals surface area contributed by atoms with E-state index in [9.17, 15) is 0 Å². The average Bonchev–Trinajstić information content (AvgIpc) is 2.99. The highest BCUT2D eigenvalue weighted by Gasteiger charge is 2.28. The van der Waals surface area contributed by atoms with Crippen molar-refractivity contribution in [1.82, 2.24) is 4.90 Å². The number of alkyl halides is 1. The normalized spacial score (nSPS) is 16.2. The lowest BCUT2D eigenvalue weighted by Crippen LogP contribution is -2.27. The van der Waals surface area contributed by atoms with Crippen LogP contribution in [0, 0.1) is 0 Å². The Hall–Kier alpha value is 0.140. The maximum atomic E-state index is 3.54. The van der Waals surface area contributed by atoms with E-state index in [0.717, 1.165) is 17.9 Å². The fourth-order valence-electron chi connectivity index (χ4n) is 1.84. The van der Waals surface area contributed by atoms with Crippen LogP contribution in [0.1, 0.15) is 29.5 Å². The Morgan fingerprint density at radius 2 is 2.13 bits per heavy atom. The Bertz CT molecular complexity index is 306. The maximum absolute atomic E-state index is 3.54. The lowest BCUT2D eigenvalue weighted by atomic mass is 10.3. The molecule has 1 saturated carbocycles. The Kier molecular flexibility index (Phi) is 4.23. The van der Waals surface area contributed by atoms with Crippen molar-refractivity contribution in [3.05, 3.63) is 21.9 Å². The van der Waals surface area contributed by atoms with Crippen molar-refractivity contribution < 1.29 is 0 Å². The number of hydrogen-bond donors (Lipinski definition) is 0. The number of thiophene rings is 1. The van der Waals surface area contributed by atoms with Crippen molar-refractivity contribution >= 4 is 27.3 Å². The molecular weight excluding hydrogens is 270 g/mol. The highest BCUT2D eigenvalue weighted by molar-refractivity contribution is 9.09. The molecule has 1 aromatic rings. The molecule has 1 aromatic heterocycles. The topological polar surface area (TPSA) is 3.24 Å². The monoisotopic (exact) mass is 287 g/mol. The van der Waals surface area contributed by atoms with Crippen LogP contribution in [0.2, 0.25) is 0 Å². The predicted molar refractivity (Wildman–Crippen MR) is 70.9 cm³/mol.